The lowest BCUT2D eigenvalue weighted by molar-refractivity contribution is 0.436. The third-order valence-electron chi connectivity index (χ3n) is 2.08. The average Bonchev–Trinajstić information content (AvgIpc) is 2.70. The van der Waals surface area contributed by atoms with Crippen LogP contribution in [-0.2, 0) is 0 Å². The van der Waals surface area contributed by atoms with Gasteiger partial charge in [0.15, 0.2) is 0 Å². The molecule has 0 aliphatic carbocycles. The molecule has 1 unspecified atom stereocenters. The Balaban J connectivity index is 0.000000671. The van der Waals surface area contributed by atoms with Crippen molar-refractivity contribution in [1.82, 2.24) is 0 Å². The fourth-order valence-electron chi connectivity index (χ4n) is 1.42. The average molecular weight is 182 g/mol. The Morgan fingerprint density at radius 2 is 2.00 bits per heavy atom. The van der Waals surface area contributed by atoms with E-state index in [0.29, 0.717) is 5.92 Å². The summed E-state index contributed by atoms with van der Waals surface area (Å²) in [5.41, 5.74) is 0. The van der Waals surface area contributed by atoms with Crippen LogP contribution in [0.25, 0.3) is 0 Å². The molecule has 13 heavy (non-hydrogen) atoms. The standard InChI is InChI=1S/C10H16O.C2H6/c1-3-6-9(4-2)10-7-5-8-11-10;1-2/h5,7-9H,3-4,6H2,1-2H3;1-2H3. The lowest BCUT2D eigenvalue weighted by Crippen LogP contribution is -1.93. The summed E-state index contributed by atoms with van der Waals surface area (Å²) in [6.07, 6.45) is 5.41. The minimum Gasteiger partial charge on any atom is -0.469 e. The van der Waals surface area contributed by atoms with Gasteiger partial charge >= 0.3 is 0 Å². The van der Waals surface area contributed by atoms with Crippen molar-refractivity contribution in [3.05, 3.63) is 24.2 Å². The number of hydrogen-bond acceptors (Lipinski definition) is 1. The third kappa shape index (κ3) is 4.16. The largest absolute Gasteiger partial charge is 0.469 e. The van der Waals surface area contributed by atoms with E-state index in [0.717, 1.165) is 5.76 Å². The molecule has 1 atom stereocenters. The van der Waals surface area contributed by atoms with E-state index in [1.54, 1.807) is 6.26 Å². The van der Waals surface area contributed by atoms with Crippen molar-refractivity contribution >= 4 is 0 Å². The summed E-state index contributed by atoms with van der Waals surface area (Å²) in [5.74, 6) is 1.78. The maximum absolute atomic E-state index is 5.34. The van der Waals surface area contributed by atoms with E-state index in [1.807, 2.05) is 19.9 Å². The van der Waals surface area contributed by atoms with Gasteiger partial charge in [-0.2, -0.15) is 0 Å². The molecular weight excluding hydrogens is 160 g/mol. The summed E-state index contributed by atoms with van der Waals surface area (Å²) in [6, 6.07) is 4.04. The maximum atomic E-state index is 5.34. The van der Waals surface area contributed by atoms with Gasteiger partial charge in [0.2, 0.25) is 0 Å². The van der Waals surface area contributed by atoms with Crippen molar-refractivity contribution in [3.63, 3.8) is 0 Å². The van der Waals surface area contributed by atoms with Gasteiger partial charge in [-0.1, -0.05) is 34.1 Å². The summed E-state index contributed by atoms with van der Waals surface area (Å²) in [4.78, 5) is 0. The van der Waals surface area contributed by atoms with Crippen LogP contribution < -0.4 is 0 Å². The second-order valence-electron chi connectivity index (χ2n) is 2.91. The summed E-state index contributed by atoms with van der Waals surface area (Å²) < 4.78 is 5.34. The van der Waals surface area contributed by atoms with Gasteiger partial charge in [-0.25, -0.2) is 0 Å². The first-order valence-electron chi connectivity index (χ1n) is 5.41. The minimum absolute atomic E-state index is 0.634. The third-order valence-corrected chi connectivity index (χ3v) is 2.08. The first kappa shape index (κ1) is 12.3. The Bertz CT molecular complexity index is 177. The second kappa shape index (κ2) is 7.90. The molecule has 0 fully saturated rings. The monoisotopic (exact) mass is 182 g/mol. The second-order valence-corrected chi connectivity index (χ2v) is 2.91. The first-order valence-corrected chi connectivity index (χ1v) is 5.41. The normalized spacial score (nSPS) is 11.7. The van der Waals surface area contributed by atoms with Gasteiger partial charge in [-0.15, -0.1) is 0 Å². The predicted octanol–water partition coefficient (Wildman–Crippen LogP) is 4.60. The molecule has 0 saturated carbocycles. The van der Waals surface area contributed by atoms with Crippen molar-refractivity contribution < 1.29 is 4.42 Å². The van der Waals surface area contributed by atoms with E-state index in [4.69, 9.17) is 4.42 Å². The lowest BCUT2D eigenvalue weighted by atomic mass is 9.98. The van der Waals surface area contributed by atoms with E-state index in [2.05, 4.69) is 19.9 Å². The highest BCUT2D eigenvalue weighted by Gasteiger charge is 2.09. The van der Waals surface area contributed by atoms with Crippen LogP contribution in [0.4, 0.5) is 0 Å². The van der Waals surface area contributed by atoms with E-state index in [-0.39, 0.29) is 0 Å². The number of rotatable bonds is 4. The van der Waals surface area contributed by atoms with Gasteiger partial charge in [-0.05, 0) is 25.0 Å². The van der Waals surface area contributed by atoms with Crippen molar-refractivity contribution in [2.45, 2.75) is 52.9 Å². The zero-order chi connectivity index (χ0) is 10.1. The zero-order valence-electron chi connectivity index (χ0n) is 9.34. The molecule has 76 valence electrons. The fourth-order valence-corrected chi connectivity index (χ4v) is 1.42. The van der Waals surface area contributed by atoms with Gasteiger partial charge in [-0.3, -0.25) is 0 Å². The van der Waals surface area contributed by atoms with Crippen molar-refractivity contribution in [1.29, 1.82) is 0 Å². The van der Waals surface area contributed by atoms with Gasteiger partial charge in [0.1, 0.15) is 5.76 Å². The van der Waals surface area contributed by atoms with Crippen LogP contribution in [0.3, 0.4) is 0 Å². The van der Waals surface area contributed by atoms with Crippen molar-refractivity contribution in [2.24, 2.45) is 0 Å². The number of hydrogen-bond donors (Lipinski definition) is 0. The maximum Gasteiger partial charge on any atom is 0.106 e. The highest BCUT2D eigenvalue weighted by atomic mass is 16.3. The summed E-state index contributed by atoms with van der Waals surface area (Å²) in [6.45, 7) is 8.43. The van der Waals surface area contributed by atoms with E-state index in [1.165, 1.54) is 19.3 Å². The smallest absolute Gasteiger partial charge is 0.106 e. The van der Waals surface area contributed by atoms with E-state index >= 15 is 0 Å². The highest BCUT2D eigenvalue weighted by Crippen LogP contribution is 2.24. The van der Waals surface area contributed by atoms with Gasteiger partial charge < -0.3 is 4.42 Å². The predicted molar refractivity (Wildman–Crippen MR) is 58.0 cm³/mol. The molecule has 0 amide bonds. The van der Waals surface area contributed by atoms with Crippen LogP contribution in [-0.4, -0.2) is 0 Å². The molecule has 0 aliphatic rings. The van der Waals surface area contributed by atoms with Crippen LogP contribution in [0.2, 0.25) is 0 Å². The van der Waals surface area contributed by atoms with E-state index in [9.17, 15) is 0 Å². The molecular formula is C12H22O. The molecule has 1 aromatic heterocycles. The van der Waals surface area contributed by atoms with Crippen LogP contribution in [0, 0.1) is 0 Å². The molecule has 0 radical (unpaired) electrons. The summed E-state index contributed by atoms with van der Waals surface area (Å²) >= 11 is 0. The number of furan rings is 1. The van der Waals surface area contributed by atoms with Crippen molar-refractivity contribution in [3.8, 4) is 0 Å². The van der Waals surface area contributed by atoms with Crippen LogP contribution in [0.1, 0.15) is 58.6 Å². The van der Waals surface area contributed by atoms with E-state index < -0.39 is 0 Å². The van der Waals surface area contributed by atoms with Crippen molar-refractivity contribution in [2.75, 3.05) is 0 Å². The fraction of sp³-hybridized carbons (Fsp3) is 0.667. The first-order chi connectivity index (χ1) is 6.38. The van der Waals surface area contributed by atoms with Gasteiger partial charge in [0.05, 0.1) is 6.26 Å². The Kier molecular flexibility index (Phi) is 7.47. The highest BCUT2D eigenvalue weighted by molar-refractivity contribution is 5.04. The Morgan fingerprint density at radius 1 is 1.31 bits per heavy atom. The van der Waals surface area contributed by atoms with Gasteiger partial charge in [0, 0.05) is 5.92 Å². The Labute approximate surface area is 82.2 Å². The molecule has 0 N–H and O–H groups in total. The Hall–Kier alpha value is -0.720. The lowest BCUT2D eigenvalue weighted by Gasteiger charge is -2.09. The zero-order valence-corrected chi connectivity index (χ0v) is 9.34. The SMILES string of the molecule is CC.CCCC(CC)c1ccco1. The Morgan fingerprint density at radius 3 is 2.38 bits per heavy atom. The topological polar surface area (TPSA) is 13.1 Å². The molecule has 1 heterocycles. The summed E-state index contributed by atoms with van der Waals surface area (Å²) in [7, 11) is 0. The molecule has 1 rings (SSSR count). The van der Waals surface area contributed by atoms with Crippen LogP contribution >= 0.6 is 0 Å². The quantitative estimate of drug-likeness (QED) is 0.663. The minimum atomic E-state index is 0.634. The summed E-state index contributed by atoms with van der Waals surface area (Å²) in [5, 5.41) is 0. The molecule has 1 aromatic rings. The van der Waals surface area contributed by atoms with Crippen LogP contribution in [0.5, 0.6) is 0 Å². The molecule has 0 aromatic carbocycles. The van der Waals surface area contributed by atoms with Gasteiger partial charge in [0.25, 0.3) is 0 Å². The molecule has 0 bridgehead atoms. The molecule has 1 heteroatoms. The molecule has 0 aliphatic heterocycles. The molecule has 0 spiro atoms. The molecule has 1 nitrogen and oxygen atoms in total. The molecule has 0 saturated heterocycles. The van der Waals surface area contributed by atoms with Crippen LogP contribution in [0.15, 0.2) is 22.8 Å².